The number of amides is 1. The standard InChI is InChI=1S/C19H28N2O4/c1-5-24-17(22)14-8-10-16(11-9-14)21-12-6-7-15(13-21)20-18(23)25-19(2,3)4/h8-11,15H,5-7,12-13H2,1-4H3,(H,20,23). The number of hydrogen-bond donors (Lipinski definition) is 1. The summed E-state index contributed by atoms with van der Waals surface area (Å²) in [6.45, 7) is 9.35. The molecule has 25 heavy (non-hydrogen) atoms. The van der Waals surface area contributed by atoms with Crippen LogP contribution in [0.1, 0.15) is 50.9 Å². The quantitative estimate of drug-likeness (QED) is 0.845. The van der Waals surface area contributed by atoms with Gasteiger partial charge in [0, 0.05) is 24.8 Å². The molecule has 6 nitrogen and oxygen atoms in total. The summed E-state index contributed by atoms with van der Waals surface area (Å²) in [5.41, 5.74) is 1.08. The number of alkyl carbamates (subject to hydrolysis) is 1. The van der Waals surface area contributed by atoms with Gasteiger partial charge in [0.05, 0.1) is 12.2 Å². The van der Waals surface area contributed by atoms with Crippen LogP contribution < -0.4 is 10.2 Å². The first-order chi connectivity index (χ1) is 11.8. The van der Waals surface area contributed by atoms with Crippen molar-refractivity contribution in [2.75, 3.05) is 24.6 Å². The van der Waals surface area contributed by atoms with Crippen molar-refractivity contribution in [3.63, 3.8) is 0 Å². The van der Waals surface area contributed by atoms with Crippen LogP contribution in [0.5, 0.6) is 0 Å². The Balaban J connectivity index is 1.94. The third-order valence-electron chi connectivity index (χ3n) is 3.89. The van der Waals surface area contributed by atoms with Gasteiger partial charge in [0.25, 0.3) is 0 Å². The second kappa shape index (κ2) is 8.23. The van der Waals surface area contributed by atoms with E-state index in [1.807, 2.05) is 32.9 Å². The SMILES string of the molecule is CCOC(=O)c1ccc(N2CCCC(NC(=O)OC(C)(C)C)C2)cc1. The summed E-state index contributed by atoms with van der Waals surface area (Å²) in [6.07, 6.45) is 1.54. The molecule has 1 fully saturated rings. The minimum Gasteiger partial charge on any atom is -0.462 e. The molecule has 0 aromatic heterocycles. The maximum absolute atomic E-state index is 11.9. The highest BCUT2D eigenvalue weighted by molar-refractivity contribution is 5.89. The maximum Gasteiger partial charge on any atom is 0.407 e. The summed E-state index contributed by atoms with van der Waals surface area (Å²) in [7, 11) is 0. The molecule has 0 spiro atoms. The number of rotatable bonds is 4. The van der Waals surface area contributed by atoms with Crippen LogP contribution in [0, 0.1) is 0 Å². The zero-order valence-corrected chi connectivity index (χ0v) is 15.5. The zero-order valence-electron chi connectivity index (χ0n) is 15.5. The number of carbonyl (C=O) groups is 2. The van der Waals surface area contributed by atoms with E-state index in [0.717, 1.165) is 31.6 Å². The van der Waals surface area contributed by atoms with Gasteiger partial charge >= 0.3 is 12.1 Å². The van der Waals surface area contributed by atoms with Gasteiger partial charge in [-0.15, -0.1) is 0 Å². The molecule has 0 bridgehead atoms. The normalized spacial score (nSPS) is 17.8. The Hall–Kier alpha value is -2.24. The molecule has 1 heterocycles. The number of esters is 1. The summed E-state index contributed by atoms with van der Waals surface area (Å²) in [5, 5.41) is 2.94. The number of piperidine rings is 1. The molecule has 1 aliphatic rings. The van der Waals surface area contributed by atoms with Crippen LogP contribution in [-0.2, 0) is 9.47 Å². The Bertz CT molecular complexity index is 592. The molecule has 1 aromatic carbocycles. The molecule has 1 aliphatic heterocycles. The number of ether oxygens (including phenoxy) is 2. The fourth-order valence-electron chi connectivity index (χ4n) is 2.83. The number of carbonyl (C=O) groups excluding carboxylic acids is 2. The van der Waals surface area contributed by atoms with Crippen molar-refractivity contribution in [3.8, 4) is 0 Å². The van der Waals surface area contributed by atoms with Crippen molar-refractivity contribution in [1.29, 1.82) is 0 Å². The topological polar surface area (TPSA) is 67.9 Å². The summed E-state index contributed by atoms with van der Waals surface area (Å²) < 4.78 is 10.3. The first-order valence-corrected chi connectivity index (χ1v) is 8.80. The molecule has 0 radical (unpaired) electrons. The van der Waals surface area contributed by atoms with Crippen molar-refractivity contribution < 1.29 is 19.1 Å². The van der Waals surface area contributed by atoms with Gasteiger partial charge in [-0.25, -0.2) is 9.59 Å². The predicted octanol–water partition coefficient (Wildman–Crippen LogP) is 3.36. The molecular weight excluding hydrogens is 320 g/mol. The number of anilines is 1. The van der Waals surface area contributed by atoms with Crippen LogP contribution in [0.3, 0.4) is 0 Å². The minimum absolute atomic E-state index is 0.0494. The molecule has 0 aliphatic carbocycles. The fourth-order valence-corrected chi connectivity index (χ4v) is 2.83. The van der Waals surface area contributed by atoms with Crippen LogP contribution >= 0.6 is 0 Å². The molecule has 1 atom stereocenters. The smallest absolute Gasteiger partial charge is 0.407 e. The lowest BCUT2D eigenvalue weighted by Gasteiger charge is -2.35. The van der Waals surface area contributed by atoms with Gasteiger partial charge < -0.3 is 19.7 Å². The van der Waals surface area contributed by atoms with Gasteiger partial charge in [0.1, 0.15) is 5.60 Å². The Kier molecular flexibility index (Phi) is 6.28. The van der Waals surface area contributed by atoms with Gasteiger partial charge in [0.15, 0.2) is 0 Å². The molecule has 1 N–H and O–H groups in total. The second-order valence-corrected chi connectivity index (χ2v) is 7.20. The molecule has 1 amide bonds. The monoisotopic (exact) mass is 348 g/mol. The van der Waals surface area contributed by atoms with Gasteiger partial charge in [-0.1, -0.05) is 0 Å². The lowest BCUT2D eigenvalue weighted by Crippen LogP contribution is -2.49. The maximum atomic E-state index is 11.9. The van der Waals surface area contributed by atoms with E-state index >= 15 is 0 Å². The van der Waals surface area contributed by atoms with E-state index in [4.69, 9.17) is 9.47 Å². The Labute approximate surface area is 149 Å². The van der Waals surface area contributed by atoms with Gasteiger partial charge in [-0.2, -0.15) is 0 Å². The van der Waals surface area contributed by atoms with Gasteiger partial charge in [-0.05, 0) is 64.8 Å². The van der Waals surface area contributed by atoms with Crippen LogP contribution in [0.15, 0.2) is 24.3 Å². The largest absolute Gasteiger partial charge is 0.462 e. The highest BCUT2D eigenvalue weighted by Gasteiger charge is 2.24. The van der Waals surface area contributed by atoms with E-state index < -0.39 is 5.60 Å². The number of nitrogens with zero attached hydrogens (tertiary/aromatic N) is 1. The van der Waals surface area contributed by atoms with Crippen molar-refractivity contribution in [3.05, 3.63) is 29.8 Å². The zero-order chi connectivity index (χ0) is 18.4. The van der Waals surface area contributed by atoms with Gasteiger partial charge in [-0.3, -0.25) is 0 Å². The molecular formula is C19H28N2O4. The summed E-state index contributed by atoms with van der Waals surface area (Å²) in [6, 6.07) is 7.44. The molecule has 1 saturated heterocycles. The molecule has 0 saturated carbocycles. The molecule has 2 rings (SSSR count). The van der Waals surface area contributed by atoms with Crippen molar-refractivity contribution in [1.82, 2.24) is 5.32 Å². The first-order valence-electron chi connectivity index (χ1n) is 8.80. The highest BCUT2D eigenvalue weighted by atomic mass is 16.6. The summed E-state index contributed by atoms with van der Waals surface area (Å²) in [4.78, 5) is 25.9. The van der Waals surface area contributed by atoms with Crippen LogP contribution in [-0.4, -0.2) is 43.4 Å². The van der Waals surface area contributed by atoms with Gasteiger partial charge in [0.2, 0.25) is 0 Å². The first kappa shape index (κ1) is 19.1. The van der Waals surface area contributed by atoms with E-state index in [0.29, 0.717) is 12.2 Å². The summed E-state index contributed by atoms with van der Waals surface area (Å²) in [5.74, 6) is -0.308. The number of benzene rings is 1. The van der Waals surface area contributed by atoms with Crippen molar-refractivity contribution in [2.45, 2.75) is 52.2 Å². The molecule has 6 heteroatoms. The molecule has 1 aromatic rings. The summed E-state index contributed by atoms with van der Waals surface area (Å²) >= 11 is 0. The predicted molar refractivity (Wildman–Crippen MR) is 97.0 cm³/mol. The average Bonchev–Trinajstić information content (AvgIpc) is 2.53. The highest BCUT2D eigenvalue weighted by Crippen LogP contribution is 2.21. The Morgan fingerprint density at radius 2 is 1.92 bits per heavy atom. The van der Waals surface area contributed by atoms with E-state index in [9.17, 15) is 9.59 Å². The van der Waals surface area contributed by atoms with Crippen molar-refractivity contribution in [2.24, 2.45) is 0 Å². The second-order valence-electron chi connectivity index (χ2n) is 7.20. The van der Waals surface area contributed by atoms with E-state index in [2.05, 4.69) is 10.2 Å². The molecule has 138 valence electrons. The van der Waals surface area contributed by atoms with Crippen LogP contribution in [0.25, 0.3) is 0 Å². The molecule has 1 unspecified atom stereocenters. The van der Waals surface area contributed by atoms with Crippen molar-refractivity contribution >= 4 is 17.7 Å². The van der Waals surface area contributed by atoms with E-state index in [-0.39, 0.29) is 18.1 Å². The average molecular weight is 348 g/mol. The van der Waals surface area contributed by atoms with E-state index in [1.165, 1.54) is 0 Å². The lowest BCUT2D eigenvalue weighted by molar-refractivity contribution is 0.0496. The third kappa shape index (κ3) is 5.96. The third-order valence-corrected chi connectivity index (χ3v) is 3.89. The fraction of sp³-hybridized carbons (Fsp3) is 0.579. The van der Waals surface area contributed by atoms with Crippen LogP contribution in [0.4, 0.5) is 10.5 Å². The Morgan fingerprint density at radius 3 is 2.52 bits per heavy atom. The van der Waals surface area contributed by atoms with Crippen LogP contribution in [0.2, 0.25) is 0 Å². The number of hydrogen-bond acceptors (Lipinski definition) is 5. The number of nitrogens with one attached hydrogen (secondary N) is 1. The lowest BCUT2D eigenvalue weighted by atomic mass is 10.0. The minimum atomic E-state index is -0.499. The van der Waals surface area contributed by atoms with E-state index in [1.54, 1.807) is 19.1 Å². The Morgan fingerprint density at radius 1 is 1.24 bits per heavy atom.